The smallest absolute Gasteiger partial charge is 0.164 e. The van der Waals surface area contributed by atoms with Gasteiger partial charge in [0.05, 0.1) is 8.22 Å². The molecule has 7 aromatic carbocycles. The zero-order valence-electron chi connectivity index (χ0n) is 29.7. The van der Waals surface area contributed by atoms with E-state index in [4.69, 9.17) is 27.6 Å². The number of nitrogens with zero attached hydrogens (tertiary/aromatic N) is 3. The van der Waals surface area contributed by atoms with Crippen LogP contribution in [0.15, 0.2) is 156 Å². The molecule has 0 atom stereocenters. The van der Waals surface area contributed by atoms with Gasteiger partial charge in [0, 0.05) is 27.5 Å². The molecule has 4 nitrogen and oxygen atoms in total. The van der Waals surface area contributed by atoms with Crippen molar-refractivity contribution in [1.82, 2.24) is 15.0 Å². The highest BCUT2D eigenvalue weighted by Crippen LogP contribution is 2.37. The third-order valence-electron chi connectivity index (χ3n) is 8.11. The lowest BCUT2D eigenvalue weighted by molar-refractivity contribution is 0.669. The lowest BCUT2D eigenvalue weighted by atomic mass is 10.00. The normalized spacial score (nSPS) is 13.4. The Hall–Kier alpha value is -6.13. The van der Waals surface area contributed by atoms with Crippen molar-refractivity contribution in [2.45, 2.75) is 0 Å². The second kappa shape index (κ2) is 10.2. The fraction of sp³-hybridized carbons (Fsp3) is 0. The van der Waals surface area contributed by atoms with Crippen molar-refractivity contribution in [2.75, 3.05) is 0 Å². The fourth-order valence-electron chi connectivity index (χ4n) is 5.92. The van der Waals surface area contributed by atoms with E-state index in [0.717, 1.165) is 49.0 Å². The Kier molecular flexibility index (Phi) is 4.54. The minimum absolute atomic E-state index is 0.160. The van der Waals surface area contributed by atoms with Crippen molar-refractivity contribution in [3.05, 3.63) is 152 Å². The molecule has 0 saturated heterocycles. The van der Waals surface area contributed by atoms with Crippen LogP contribution in [0.3, 0.4) is 0 Å². The van der Waals surface area contributed by atoms with Crippen molar-refractivity contribution in [1.29, 1.82) is 0 Å². The van der Waals surface area contributed by atoms with E-state index in [9.17, 15) is 0 Å². The Morgan fingerprint density at radius 2 is 1.07 bits per heavy atom. The van der Waals surface area contributed by atoms with Crippen LogP contribution in [0.25, 0.3) is 88.8 Å². The van der Waals surface area contributed by atoms with Crippen molar-refractivity contribution in [3.8, 4) is 45.3 Å². The molecule has 0 fully saturated rings. The molecule has 2 aromatic heterocycles. The van der Waals surface area contributed by atoms with Gasteiger partial charge in [0.1, 0.15) is 11.2 Å². The van der Waals surface area contributed by atoms with E-state index >= 15 is 0 Å². The van der Waals surface area contributed by atoms with Gasteiger partial charge >= 0.3 is 0 Å². The Morgan fingerprint density at radius 3 is 1.84 bits per heavy atom. The molecule has 2 heterocycles. The largest absolute Gasteiger partial charge is 0.456 e. The van der Waals surface area contributed by atoms with E-state index in [1.54, 1.807) is 24.3 Å². The van der Waals surface area contributed by atoms with E-state index in [1.165, 1.54) is 0 Å². The molecular weight excluding hydrogens is 550 g/mol. The first-order valence-electron chi connectivity index (χ1n) is 17.5. The molecule has 0 aliphatic heterocycles. The van der Waals surface area contributed by atoms with Crippen LogP contribution in [-0.4, -0.2) is 15.0 Å². The summed E-state index contributed by atoms with van der Waals surface area (Å²) in [6.07, 6.45) is 0. The number of para-hydroxylation sites is 1. The molecule has 0 N–H and O–H groups in total. The van der Waals surface area contributed by atoms with Crippen LogP contribution < -0.4 is 0 Å². The van der Waals surface area contributed by atoms with Gasteiger partial charge in [-0.15, -0.1) is 0 Å². The zero-order chi connectivity index (χ0) is 35.0. The first-order valence-corrected chi connectivity index (χ1v) is 14.5. The molecule has 0 spiro atoms. The third kappa shape index (κ3) is 4.43. The average Bonchev–Trinajstić information content (AvgIpc) is 3.53. The van der Waals surface area contributed by atoms with Crippen molar-refractivity contribution >= 4 is 43.5 Å². The van der Waals surface area contributed by atoms with Gasteiger partial charge in [0.2, 0.25) is 0 Å². The molecule has 0 aliphatic rings. The summed E-state index contributed by atoms with van der Waals surface area (Å²) in [6, 6.07) is 35.3. The van der Waals surface area contributed by atoms with E-state index in [-0.39, 0.29) is 29.7 Å². The second-order valence-corrected chi connectivity index (χ2v) is 10.8. The quantitative estimate of drug-likeness (QED) is 0.207. The van der Waals surface area contributed by atoms with Crippen LogP contribution in [0.5, 0.6) is 0 Å². The third-order valence-corrected chi connectivity index (χ3v) is 8.11. The van der Waals surface area contributed by atoms with Crippen molar-refractivity contribution in [2.24, 2.45) is 0 Å². The predicted octanol–water partition coefficient (Wildman–Crippen LogP) is 10.7. The number of fused-ring (bicyclic) bond motifs is 5. The number of aromatic nitrogens is 3. The van der Waals surface area contributed by atoms with E-state index in [2.05, 4.69) is 24.3 Å². The summed E-state index contributed by atoms with van der Waals surface area (Å²) >= 11 is 0. The molecule has 0 bridgehead atoms. The molecule has 9 aromatic rings. The maximum atomic E-state index is 8.44. The molecule has 9 rings (SSSR count). The minimum atomic E-state index is -0.419. The van der Waals surface area contributed by atoms with E-state index < -0.39 is 6.04 Å². The van der Waals surface area contributed by atoms with Gasteiger partial charge in [-0.05, 0) is 63.0 Å². The minimum Gasteiger partial charge on any atom is -0.456 e. The van der Waals surface area contributed by atoms with Crippen LogP contribution in [0.1, 0.15) is 8.22 Å². The highest BCUT2D eigenvalue weighted by Gasteiger charge is 2.18. The summed E-state index contributed by atoms with van der Waals surface area (Å²) in [5.74, 6) is 1.43. The Labute approximate surface area is 267 Å². The molecule has 210 valence electrons. The van der Waals surface area contributed by atoms with Crippen molar-refractivity contribution in [3.63, 3.8) is 0 Å². The van der Waals surface area contributed by atoms with Crippen LogP contribution in [-0.2, 0) is 0 Å². The van der Waals surface area contributed by atoms with Crippen molar-refractivity contribution < 1.29 is 12.6 Å². The topological polar surface area (TPSA) is 51.8 Å². The average molecular weight is 582 g/mol. The summed E-state index contributed by atoms with van der Waals surface area (Å²) in [4.78, 5) is 15.0. The van der Waals surface area contributed by atoms with E-state index in [0.29, 0.717) is 40.2 Å². The van der Waals surface area contributed by atoms with Gasteiger partial charge in [-0.25, -0.2) is 15.0 Å². The number of hydrogen-bond donors (Lipinski definition) is 0. The van der Waals surface area contributed by atoms with Gasteiger partial charge in [0.25, 0.3) is 0 Å². The lowest BCUT2D eigenvalue weighted by Crippen LogP contribution is -2.00. The zero-order valence-corrected chi connectivity index (χ0v) is 23.7. The fourth-order valence-corrected chi connectivity index (χ4v) is 5.92. The first kappa shape index (κ1) is 19.9. The summed E-state index contributed by atoms with van der Waals surface area (Å²) in [7, 11) is 0. The molecule has 45 heavy (non-hydrogen) atoms. The molecular formula is C41H25N3O. The molecule has 0 unspecified atom stereocenters. The summed E-state index contributed by atoms with van der Waals surface area (Å²) in [5.41, 5.74) is 4.38. The SMILES string of the molecule is [2H]c1ccc2oc3cccc(-c4nc(-c5ccc6ccccc6c5)nc(-c5ccc6cc(-c7c([2H])c([2H])c([2H])c([2H])c7[2H])ccc6c5)n4)c3c2c1. The van der Waals surface area contributed by atoms with Gasteiger partial charge in [0.15, 0.2) is 17.5 Å². The van der Waals surface area contributed by atoms with Crippen LogP contribution in [0.2, 0.25) is 0 Å². The van der Waals surface area contributed by atoms with Crippen LogP contribution in [0, 0.1) is 0 Å². The first-order chi connectivity index (χ1) is 24.7. The highest BCUT2D eigenvalue weighted by molar-refractivity contribution is 6.11. The van der Waals surface area contributed by atoms with Crippen LogP contribution >= 0.6 is 0 Å². The molecule has 4 heteroatoms. The van der Waals surface area contributed by atoms with Gasteiger partial charge in [-0.1, -0.05) is 121 Å². The Balaban J connectivity index is 1.23. The molecule has 0 aliphatic carbocycles. The Bertz CT molecular complexity index is 2880. The summed E-state index contributed by atoms with van der Waals surface area (Å²) in [6.45, 7) is 0. The maximum Gasteiger partial charge on any atom is 0.164 e. The summed E-state index contributed by atoms with van der Waals surface area (Å²) in [5, 5.41) is 5.49. The molecule has 0 radical (unpaired) electrons. The van der Waals surface area contributed by atoms with Gasteiger partial charge < -0.3 is 4.42 Å². The predicted molar refractivity (Wildman–Crippen MR) is 184 cm³/mol. The number of rotatable bonds is 4. The van der Waals surface area contributed by atoms with Gasteiger partial charge in [-0.3, -0.25) is 0 Å². The molecule has 0 saturated carbocycles. The molecule has 0 amide bonds. The Morgan fingerprint density at radius 1 is 0.444 bits per heavy atom. The standard InChI is InChI=1S/C41H25N3O/c1-2-9-26(10-3-1)29-18-19-31-25-33(22-20-30(31)23-29)40-42-39(32-21-17-27-11-4-5-12-28(27)24-32)43-41(44-40)35-14-8-16-37-38(35)34-13-6-7-15-36(34)45-37/h1-25H/i1D,2D,3D,6D,9D,10D. The van der Waals surface area contributed by atoms with Crippen LogP contribution in [0.4, 0.5) is 0 Å². The monoisotopic (exact) mass is 581 g/mol. The summed E-state index contributed by atoms with van der Waals surface area (Å²) < 4.78 is 55.5. The van der Waals surface area contributed by atoms with Gasteiger partial charge in [-0.2, -0.15) is 0 Å². The second-order valence-electron chi connectivity index (χ2n) is 10.8. The highest BCUT2D eigenvalue weighted by atomic mass is 16.3. The number of hydrogen-bond acceptors (Lipinski definition) is 4. The lowest BCUT2D eigenvalue weighted by Gasteiger charge is -2.11. The maximum absolute atomic E-state index is 8.44. The van der Waals surface area contributed by atoms with E-state index in [1.807, 2.05) is 66.7 Å². The number of benzene rings is 7. The number of furan rings is 1.